The van der Waals surface area contributed by atoms with Gasteiger partial charge in [-0.1, -0.05) is 18.2 Å². The lowest BCUT2D eigenvalue weighted by Gasteiger charge is -2.20. The molecule has 76 valence electrons. The van der Waals surface area contributed by atoms with Crippen molar-refractivity contribution in [3.8, 4) is 5.75 Å². The zero-order valence-corrected chi connectivity index (χ0v) is 8.22. The van der Waals surface area contributed by atoms with E-state index >= 15 is 0 Å². The van der Waals surface area contributed by atoms with Gasteiger partial charge in [0.1, 0.15) is 11.4 Å². The number of para-hydroxylation sites is 1. The number of hydrogen-bond acceptors (Lipinski definition) is 2. The van der Waals surface area contributed by atoms with Gasteiger partial charge in [-0.15, -0.1) is 0 Å². The van der Waals surface area contributed by atoms with Crippen molar-refractivity contribution in [3.05, 3.63) is 29.3 Å². The van der Waals surface area contributed by atoms with Crippen molar-refractivity contribution in [2.75, 3.05) is 13.2 Å². The predicted octanol–water partition coefficient (Wildman–Crippen LogP) is 1.76. The van der Waals surface area contributed by atoms with Crippen LogP contribution in [0.5, 0.6) is 5.75 Å². The maximum atomic E-state index is 14.0. The molecule has 0 aromatic heterocycles. The van der Waals surface area contributed by atoms with Gasteiger partial charge in [0.25, 0.3) is 0 Å². The van der Waals surface area contributed by atoms with Gasteiger partial charge in [0.2, 0.25) is 0 Å². The van der Waals surface area contributed by atoms with E-state index in [0.717, 1.165) is 12.0 Å². The van der Waals surface area contributed by atoms with E-state index in [0.29, 0.717) is 17.9 Å². The van der Waals surface area contributed by atoms with Crippen molar-refractivity contribution < 1.29 is 9.13 Å². The molecule has 1 heterocycles. The summed E-state index contributed by atoms with van der Waals surface area (Å²) in [4.78, 5) is 0. The van der Waals surface area contributed by atoms with Gasteiger partial charge in [0.05, 0.1) is 6.61 Å². The van der Waals surface area contributed by atoms with E-state index in [4.69, 9.17) is 10.5 Å². The highest BCUT2D eigenvalue weighted by atomic mass is 19.1. The van der Waals surface area contributed by atoms with Crippen LogP contribution in [0.1, 0.15) is 18.1 Å². The molecule has 1 aromatic rings. The van der Waals surface area contributed by atoms with E-state index < -0.39 is 5.67 Å². The van der Waals surface area contributed by atoms with Crippen molar-refractivity contribution in [2.24, 2.45) is 5.73 Å². The summed E-state index contributed by atoms with van der Waals surface area (Å²) in [5.41, 5.74) is 5.57. The Balaban J connectivity index is 2.49. The summed E-state index contributed by atoms with van der Waals surface area (Å²) < 4.78 is 19.4. The maximum absolute atomic E-state index is 14.0. The van der Waals surface area contributed by atoms with Crippen molar-refractivity contribution in [2.45, 2.75) is 19.0 Å². The lowest BCUT2D eigenvalue weighted by Crippen LogP contribution is -2.27. The molecule has 2 N–H and O–H groups in total. The summed E-state index contributed by atoms with van der Waals surface area (Å²) in [6, 6.07) is 5.58. The molecule has 1 aliphatic rings. The summed E-state index contributed by atoms with van der Waals surface area (Å²) in [7, 11) is 0. The minimum absolute atomic E-state index is 0.0210. The van der Waals surface area contributed by atoms with Gasteiger partial charge in [-0.05, 0) is 12.5 Å². The fraction of sp³-hybridized carbons (Fsp3) is 0.455. The second-order valence-corrected chi connectivity index (χ2v) is 3.79. The standard InChI is InChI=1S/C11H14FNO/c1-11(12,7-13)9-4-2-3-8-5-6-14-10(8)9/h2-4H,5-7,13H2,1H3. The Morgan fingerprint density at radius 1 is 1.57 bits per heavy atom. The summed E-state index contributed by atoms with van der Waals surface area (Å²) >= 11 is 0. The Morgan fingerprint density at radius 2 is 2.36 bits per heavy atom. The Bertz CT molecular complexity index is 349. The molecule has 0 saturated carbocycles. The number of rotatable bonds is 2. The van der Waals surface area contributed by atoms with Crippen LogP contribution in [-0.2, 0) is 12.1 Å². The van der Waals surface area contributed by atoms with Crippen LogP contribution in [0.4, 0.5) is 4.39 Å². The van der Waals surface area contributed by atoms with Crippen LogP contribution in [0, 0.1) is 0 Å². The third-order valence-electron chi connectivity index (χ3n) is 2.66. The number of halogens is 1. The van der Waals surface area contributed by atoms with Gasteiger partial charge >= 0.3 is 0 Å². The molecule has 1 atom stereocenters. The Kier molecular flexibility index (Phi) is 2.19. The predicted molar refractivity (Wildman–Crippen MR) is 53.2 cm³/mol. The molecule has 0 spiro atoms. The Labute approximate surface area is 82.9 Å². The van der Waals surface area contributed by atoms with E-state index in [9.17, 15) is 4.39 Å². The van der Waals surface area contributed by atoms with E-state index in [2.05, 4.69) is 0 Å². The second kappa shape index (κ2) is 3.24. The third kappa shape index (κ3) is 1.38. The first-order valence-corrected chi connectivity index (χ1v) is 4.79. The lowest BCUT2D eigenvalue weighted by molar-refractivity contribution is 0.195. The normalized spacial score (nSPS) is 18.5. The van der Waals surface area contributed by atoms with E-state index in [1.165, 1.54) is 6.92 Å². The zero-order chi connectivity index (χ0) is 10.2. The van der Waals surface area contributed by atoms with Crippen molar-refractivity contribution >= 4 is 0 Å². The van der Waals surface area contributed by atoms with Gasteiger partial charge in [0.15, 0.2) is 0 Å². The molecule has 14 heavy (non-hydrogen) atoms. The van der Waals surface area contributed by atoms with Crippen LogP contribution in [-0.4, -0.2) is 13.2 Å². The summed E-state index contributed by atoms with van der Waals surface area (Å²) in [5.74, 6) is 0.697. The molecule has 0 amide bonds. The van der Waals surface area contributed by atoms with Gasteiger partial charge in [-0.3, -0.25) is 0 Å². The molecule has 2 nitrogen and oxygen atoms in total. The molecule has 0 radical (unpaired) electrons. The minimum Gasteiger partial charge on any atom is -0.493 e. The first-order valence-electron chi connectivity index (χ1n) is 4.79. The summed E-state index contributed by atoms with van der Waals surface area (Å²) in [6.45, 7) is 2.12. The topological polar surface area (TPSA) is 35.2 Å². The molecule has 0 aliphatic carbocycles. The van der Waals surface area contributed by atoms with Crippen LogP contribution >= 0.6 is 0 Å². The van der Waals surface area contributed by atoms with E-state index in [1.54, 1.807) is 6.07 Å². The Hall–Kier alpha value is -1.09. The van der Waals surface area contributed by atoms with Crippen LogP contribution in [0.15, 0.2) is 18.2 Å². The van der Waals surface area contributed by atoms with Gasteiger partial charge in [-0.2, -0.15) is 0 Å². The highest BCUT2D eigenvalue weighted by Crippen LogP contribution is 2.37. The number of nitrogens with two attached hydrogens (primary N) is 1. The smallest absolute Gasteiger partial charge is 0.148 e. The molecule has 0 fully saturated rings. The number of ether oxygens (including phenoxy) is 1. The van der Waals surface area contributed by atoms with Crippen molar-refractivity contribution in [3.63, 3.8) is 0 Å². The van der Waals surface area contributed by atoms with Gasteiger partial charge in [0, 0.05) is 18.5 Å². The van der Waals surface area contributed by atoms with Crippen LogP contribution in [0.25, 0.3) is 0 Å². The first-order chi connectivity index (χ1) is 6.65. The zero-order valence-electron chi connectivity index (χ0n) is 8.22. The number of benzene rings is 1. The second-order valence-electron chi connectivity index (χ2n) is 3.79. The van der Waals surface area contributed by atoms with Crippen molar-refractivity contribution in [1.82, 2.24) is 0 Å². The lowest BCUT2D eigenvalue weighted by atomic mass is 9.95. The molecule has 2 rings (SSSR count). The van der Waals surface area contributed by atoms with Crippen LogP contribution < -0.4 is 10.5 Å². The fourth-order valence-electron chi connectivity index (χ4n) is 1.74. The Morgan fingerprint density at radius 3 is 3.07 bits per heavy atom. The molecular weight excluding hydrogens is 181 g/mol. The highest BCUT2D eigenvalue weighted by molar-refractivity contribution is 5.46. The SMILES string of the molecule is CC(F)(CN)c1cccc2c1OCC2. The van der Waals surface area contributed by atoms with Gasteiger partial charge < -0.3 is 10.5 Å². The maximum Gasteiger partial charge on any atom is 0.148 e. The van der Waals surface area contributed by atoms with Crippen LogP contribution in [0.3, 0.4) is 0 Å². The monoisotopic (exact) mass is 195 g/mol. The van der Waals surface area contributed by atoms with Crippen LogP contribution in [0.2, 0.25) is 0 Å². The molecule has 0 bridgehead atoms. The largest absolute Gasteiger partial charge is 0.493 e. The highest BCUT2D eigenvalue weighted by Gasteiger charge is 2.30. The van der Waals surface area contributed by atoms with Crippen molar-refractivity contribution in [1.29, 1.82) is 0 Å². The number of fused-ring (bicyclic) bond motifs is 1. The molecule has 1 aromatic carbocycles. The molecule has 1 aliphatic heterocycles. The molecule has 0 saturated heterocycles. The number of alkyl halides is 1. The minimum atomic E-state index is -1.49. The average Bonchev–Trinajstić information content (AvgIpc) is 2.64. The quantitative estimate of drug-likeness (QED) is 0.780. The van der Waals surface area contributed by atoms with E-state index in [1.807, 2.05) is 12.1 Å². The van der Waals surface area contributed by atoms with Gasteiger partial charge in [-0.25, -0.2) is 4.39 Å². The fourth-order valence-corrected chi connectivity index (χ4v) is 1.74. The summed E-state index contributed by atoms with van der Waals surface area (Å²) in [5, 5.41) is 0. The molecular formula is C11H14FNO. The summed E-state index contributed by atoms with van der Waals surface area (Å²) in [6.07, 6.45) is 0.865. The molecule has 1 unspecified atom stereocenters. The average molecular weight is 195 g/mol. The number of hydrogen-bond donors (Lipinski definition) is 1. The molecule has 3 heteroatoms. The first kappa shape index (κ1) is 9.46. The third-order valence-corrected chi connectivity index (χ3v) is 2.66. The van der Waals surface area contributed by atoms with E-state index in [-0.39, 0.29) is 6.54 Å².